The summed E-state index contributed by atoms with van der Waals surface area (Å²) >= 11 is 0. The van der Waals surface area contributed by atoms with E-state index >= 15 is 0 Å². The zero-order chi connectivity index (χ0) is 24.3. The highest BCUT2D eigenvalue weighted by atomic mass is 16.6. The number of ether oxygens (including phenoxy) is 2. The van der Waals surface area contributed by atoms with E-state index in [0.29, 0.717) is 0 Å². The number of nitrogens with one attached hydrogen (secondary N) is 3. The molecule has 0 aliphatic rings. The molecule has 3 N–H and O–H groups in total. The normalized spacial score (nSPS) is 12.7. The maximum atomic E-state index is 13.0. The van der Waals surface area contributed by atoms with Gasteiger partial charge in [-0.1, -0.05) is 48.5 Å². The third-order valence-electron chi connectivity index (χ3n) is 4.46. The van der Waals surface area contributed by atoms with Gasteiger partial charge in [0.05, 0.1) is 6.61 Å². The molecule has 0 fully saturated rings. The van der Waals surface area contributed by atoms with Gasteiger partial charge in [-0.05, 0) is 45.4 Å². The number of hydrogen-bond acceptors (Lipinski definition) is 6. The predicted octanol–water partition coefficient (Wildman–Crippen LogP) is 3.28. The number of rotatable bonds is 10. The van der Waals surface area contributed by atoms with Crippen LogP contribution < -0.4 is 16.0 Å². The maximum absolute atomic E-state index is 13.0. The molecular weight excluding hydrogens is 422 g/mol. The number of alkyl carbamates (subject to hydrolysis) is 1. The molecule has 2 aromatic carbocycles. The zero-order valence-electron chi connectivity index (χ0n) is 19.6. The Labute approximate surface area is 195 Å². The molecule has 8 heteroatoms. The molecule has 0 aliphatic carbocycles. The van der Waals surface area contributed by atoms with Gasteiger partial charge in [-0.2, -0.15) is 0 Å². The summed E-state index contributed by atoms with van der Waals surface area (Å²) in [5.41, 5.74) is 0.891. The lowest BCUT2D eigenvalue weighted by molar-refractivity contribution is -0.144. The minimum Gasteiger partial charge on any atom is -0.464 e. The first-order valence-electron chi connectivity index (χ1n) is 11.0. The second-order valence-electron chi connectivity index (χ2n) is 8.45. The van der Waals surface area contributed by atoms with Gasteiger partial charge in [0.2, 0.25) is 5.91 Å². The van der Waals surface area contributed by atoms with E-state index in [2.05, 4.69) is 16.0 Å². The Morgan fingerprint density at radius 2 is 1.52 bits per heavy atom. The molecule has 0 spiro atoms. The van der Waals surface area contributed by atoms with Crippen molar-refractivity contribution in [3.8, 4) is 0 Å². The van der Waals surface area contributed by atoms with Crippen LogP contribution in [-0.2, 0) is 25.5 Å². The summed E-state index contributed by atoms with van der Waals surface area (Å²) < 4.78 is 10.5. The van der Waals surface area contributed by atoms with E-state index in [9.17, 15) is 14.4 Å². The van der Waals surface area contributed by atoms with Crippen LogP contribution in [0.15, 0.2) is 60.7 Å². The lowest BCUT2D eigenvalue weighted by Crippen LogP contribution is -2.52. The van der Waals surface area contributed by atoms with Crippen LogP contribution in [0.25, 0.3) is 0 Å². The van der Waals surface area contributed by atoms with Gasteiger partial charge in [0, 0.05) is 18.7 Å². The van der Waals surface area contributed by atoms with E-state index in [-0.39, 0.29) is 19.6 Å². The lowest BCUT2D eigenvalue weighted by Gasteiger charge is -2.24. The molecule has 178 valence electrons. The number of para-hydroxylation sites is 1. The standard InChI is InChI=1S/C25H33N3O5/c1-5-32-23(30)21(27-19-14-10-7-11-15-19)17-26-22(29)20(16-18-12-8-6-9-13-18)28-24(31)33-25(2,3)4/h6-15,20-21,27H,5,16-17H2,1-4H3,(H,26,29)(H,28,31)/t20-,21?/m0/s1. The third kappa shape index (κ3) is 9.64. The van der Waals surface area contributed by atoms with E-state index in [1.165, 1.54) is 0 Å². The van der Waals surface area contributed by atoms with E-state index in [1.54, 1.807) is 27.7 Å². The van der Waals surface area contributed by atoms with E-state index in [1.807, 2.05) is 60.7 Å². The number of amides is 2. The largest absolute Gasteiger partial charge is 0.464 e. The number of carbonyl (C=O) groups excluding carboxylic acids is 3. The summed E-state index contributed by atoms with van der Waals surface area (Å²) in [6.07, 6.45) is -0.426. The molecule has 0 saturated carbocycles. The van der Waals surface area contributed by atoms with Crippen LogP contribution in [-0.4, -0.2) is 48.8 Å². The number of anilines is 1. The van der Waals surface area contributed by atoms with Crippen LogP contribution in [0.1, 0.15) is 33.3 Å². The lowest BCUT2D eigenvalue weighted by atomic mass is 10.1. The monoisotopic (exact) mass is 455 g/mol. The van der Waals surface area contributed by atoms with Gasteiger partial charge in [0.1, 0.15) is 17.7 Å². The molecule has 2 rings (SSSR count). The van der Waals surface area contributed by atoms with Crippen LogP contribution in [0.5, 0.6) is 0 Å². The van der Waals surface area contributed by atoms with Crippen LogP contribution in [0, 0.1) is 0 Å². The van der Waals surface area contributed by atoms with Crippen molar-refractivity contribution in [3.05, 3.63) is 66.2 Å². The topological polar surface area (TPSA) is 106 Å². The molecule has 0 aromatic heterocycles. The molecule has 0 radical (unpaired) electrons. The molecule has 8 nitrogen and oxygen atoms in total. The maximum Gasteiger partial charge on any atom is 0.408 e. The molecule has 1 unspecified atom stereocenters. The number of hydrogen-bond donors (Lipinski definition) is 3. The van der Waals surface area contributed by atoms with Crippen LogP contribution in [0.4, 0.5) is 10.5 Å². The molecule has 2 aromatic rings. The molecule has 2 amide bonds. The second-order valence-corrected chi connectivity index (χ2v) is 8.45. The van der Waals surface area contributed by atoms with Crippen molar-refractivity contribution in [2.24, 2.45) is 0 Å². The van der Waals surface area contributed by atoms with Gasteiger partial charge >= 0.3 is 12.1 Å². The fraction of sp³-hybridized carbons (Fsp3) is 0.400. The summed E-state index contributed by atoms with van der Waals surface area (Å²) in [4.78, 5) is 37.8. The summed E-state index contributed by atoms with van der Waals surface area (Å²) in [5.74, 6) is -0.921. The molecule has 0 aliphatic heterocycles. The Morgan fingerprint density at radius 3 is 2.09 bits per heavy atom. The molecule has 0 bridgehead atoms. The number of benzene rings is 2. The van der Waals surface area contributed by atoms with Gasteiger partial charge < -0.3 is 25.4 Å². The Bertz CT molecular complexity index is 897. The van der Waals surface area contributed by atoms with Crippen molar-refractivity contribution in [2.75, 3.05) is 18.5 Å². The van der Waals surface area contributed by atoms with E-state index in [0.717, 1.165) is 11.3 Å². The van der Waals surface area contributed by atoms with Gasteiger partial charge in [-0.25, -0.2) is 9.59 Å². The smallest absolute Gasteiger partial charge is 0.408 e. The Kier molecular flexibility index (Phi) is 9.72. The highest BCUT2D eigenvalue weighted by molar-refractivity contribution is 5.87. The number of carbonyl (C=O) groups is 3. The molecule has 33 heavy (non-hydrogen) atoms. The van der Waals surface area contributed by atoms with Crippen molar-refractivity contribution in [3.63, 3.8) is 0 Å². The first kappa shape index (κ1) is 25.7. The van der Waals surface area contributed by atoms with Crippen molar-refractivity contribution in [2.45, 2.75) is 51.8 Å². The average Bonchev–Trinajstić information content (AvgIpc) is 2.76. The minimum atomic E-state index is -0.887. The van der Waals surface area contributed by atoms with Gasteiger partial charge in [-0.3, -0.25) is 4.79 Å². The van der Waals surface area contributed by atoms with Crippen molar-refractivity contribution in [1.29, 1.82) is 0 Å². The number of esters is 1. The van der Waals surface area contributed by atoms with E-state index in [4.69, 9.17) is 9.47 Å². The van der Waals surface area contributed by atoms with Gasteiger partial charge in [0.15, 0.2) is 0 Å². The average molecular weight is 456 g/mol. The Balaban J connectivity index is 2.10. The molecule has 0 heterocycles. The molecule has 2 atom stereocenters. The van der Waals surface area contributed by atoms with Crippen molar-refractivity contribution >= 4 is 23.7 Å². The predicted molar refractivity (Wildman–Crippen MR) is 127 cm³/mol. The van der Waals surface area contributed by atoms with Crippen molar-refractivity contribution in [1.82, 2.24) is 10.6 Å². The summed E-state index contributed by atoms with van der Waals surface area (Å²) in [6, 6.07) is 16.8. The first-order chi connectivity index (χ1) is 15.7. The Morgan fingerprint density at radius 1 is 0.909 bits per heavy atom. The van der Waals surface area contributed by atoms with Crippen LogP contribution >= 0.6 is 0 Å². The first-order valence-corrected chi connectivity index (χ1v) is 11.0. The van der Waals surface area contributed by atoms with E-state index < -0.39 is 35.7 Å². The fourth-order valence-electron chi connectivity index (χ4n) is 3.01. The Hall–Kier alpha value is -3.55. The van der Waals surface area contributed by atoms with Crippen LogP contribution in [0.3, 0.4) is 0 Å². The van der Waals surface area contributed by atoms with Crippen LogP contribution in [0.2, 0.25) is 0 Å². The zero-order valence-corrected chi connectivity index (χ0v) is 19.6. The molecule has 0 saturated heterocycles. The quantitative estimate of drug-likeness (QED) is 0.475. The van der Waals surface area contributed by atoms with Crippen molar-refractivity contribution < 1.29 is 23.9 Å². The second kappa shape index (κ2) is 12.5. The highest BCUT2D eigenvalue weighted by Crippen LogP contribution is 2.10. The SMILES string of the molecule is CCOC(=O)C(CNC(=O)[C@H](Cc1ccccc1)NC(=O)OC(C)(C)C)Nc1ccccc1. The third-order valence-corrected chi connectivity index (χ3v) is 4.46. The fourth-order valence-corrected chi connectivity index (χ4v) is 3.01. The highest BCUT2D eigenvalue weighted by Gasteiger charge is 2.27. The summed E-state index contributed by atoms with van der Waals surface area (Å²) in [7, 11) is 0. The van der Waals surface area contributed by atoms with Gasteiger partial charge in [0.25, 0.3) is 0 Å². The van der Waals surface area contributed by atoms with Gasteiger partial charge in [-0.15, -0.1) is 0 Å². The minimum absolute atomic E-state index is 0.0200. The summed E-state index contributed by atoms with van der Waals surface area (Å²) in [6.45, 7) is 7.16. The molecular formula is C25H33N3O5. The summed E-state index contributed by atoms with van der Waals surface area (Å²) in [5, 5.41) is 8.48.